The van der Waals surface area contributed by atoms with Gasteiger partial charge in [0.05, 0.1) is 6.26 Å². The minimum atomic E-state index is -3.28. The van der Waals surface area contributed by atoms with Crippen LogP contribution in [0.25, 0.3) is 0 Å². The summed E-state index contributed by atoms with van der Waals surface area (Å²) < 4.78 is 24.6. The Labute approximate surface area is 139 Å². The number of nitrogens with zero attached hydrogens (tertiary/aromatic N) is 1. The molecule has 0 saturated carbocycles. The Kier molecular flexibility index (Phi) is 5.36. The first-order valence-electron chi connectivity index (χ1n) is 6.64. The number of sulfonamides is 1. The van der Waals surface area contributed by atoms with Crippen LogP contribution in [-0.4, -0.2) is 32.1 Å². The number of rotatable bonds is 6. The smallest absolute Gasteiger partial charge is 0.270 e. The molecule has 0 radical (unpaired) electrons. The Morgan fingerprint density at radius 1 is 1.35 bits per heavy atom. The highest BCUT2D eigenvalue weighted by Gasteiger charge is 2.09. The van der Waals surface area contributed by atoms with E-state index in [4.69, 9.17) is 6.42 Å². The maximum absolute atomic E-state index is 11.9. The van der Waals surface area contributed by atoms with Crippen molar-refractivity contribution in [2.75, 3.05) is 17.5 Å². The van der Waals surface area contributed by atoms with E-state index in [2.05, 4.69) is 20.9 Å². The third kappa shape index (κ3) is 5.39. The Morgan fingerprint density at radius 2 is 2.04 bits per heavy atom. The van der Waals surface area contributed by atoms with Crippen molar-refractivity contribution in [1.29, 1.82) is 0 Å². The molecule has 1 aromatic carbocycles. The first-order chi connectivity index (χ1) is 10.9. The quantitative estimate of drug-likeness (QED) is 0.773. The molecule has 1 amide bonds. The average Bonchev–Trinajstić information content (AvgIpc) is 2.96. The lowest BCUT2D eigenvalue weighted by atomic mass is 10.1. The van der Waals surface area contributed by atoms with Crippen LogP contribution >= 0.6 is 11.3 Å². The fourth-order valence-corrected chi connectivity index (χ4v) is 2.98. The highest BCUT2D eigenvalue weighted by Crippen LogP contribution is 2.11. The largest absolute Gasteiger partial charge is 0.350 e. The van der Waals surface area contributed by atoms with Crippen LogP contribution in [0.4, 0.5) is 5.69 Å². The van der Waals surface area contributed by atoms with Crippen LogP contribution in [-0.2, 0) is 16.4 Å². The number of hydrogen-bond donors (Lipinski definition) is 2. The lowest BCUT2D eigenvalue weighted by Crippen LogP contribution is -2.26. The van der Waals surface area contributed by atoms with E-state index in [1.807, 2.05) is 0 Å². The Morgan fingerprint density at radius 3 is 2.61 bits per heavy atom. The number of amides is 1. The molecular formula is C15H15N3O3S2. The molecule has 0 aliphatic carbocycles. The molecular weight excluding hydrogens is 334 g/mol. The lowest BCUT2D eigenvalue weighted by molar-refractivity contribution is 0.0950. The zero-order valence-electron chi connectivity index (χ0n) is 12.4. The van der Waals surface area contributed by atoms with Crippen molar-refractivity contribution in [3.8, 4) is 12.3 Å². The Balaban J connectivity index is 1.84. The van der Waals surface area contributed by atoms with Crippen molar-refractivity contribution in [2.24, 2.45) is 0 Å². The van der Waals surface area contributed by atoms with Crippen molar-refractivity contribution >= 4 is 33.0 Å². The summed E-state index contributed by atoms with van der Waals surface area (Å²) in [5, 5.41) is 4.86. The Hall–Kier alpha value is -2.37. The molecule has 1 heterocycles. The summed E-state index contributed by atoms with van der Waals surface area (Å²) in [6.45, 7) is 0.445. The zero-order valence-corrected chi connectivity index (χ0v) is 14.0. The van der Waals surface area contributed by atoms with Crippen LogP contribution < -0.4 is 10.0 Å². The van der Waals surface area contributed by atoms with Gasteiger partial charge in [0, 0.05) is 17.6 Å². The van der Waals surface area contributed by atoms with Crippen molar-refractivity contribution in [3.05, 3.63) is 45.9 Å². The van der Waals surface area contributed by atoms with Crippen LogP contribution in [0.5, 0.6) is 0 Å². The lowest BCUT2D eigenvalue weighted by Gasteiger charge is -2.06. The maximum atomic E-state index is 11.9. The molecule has 0 saturated heterocycles. The molecule has 0 aliphatic rings. The van der Waals surface area contributed by atoms with E-state index in [9.17, 15) is 13.2 Å². The standard InChI is InChI=1S/C15H15N3O3S2/c1-3-14-17-13(10-22-14)15(19)16-9-8-11-4-6-12(7-5-11)18-23(2,20)21/h1,4-7,10,18H,8-9H2,2H3,(H,16,19). The fraction of sp³-hybridized carbons (Fsp3) is 0.200. The topological polar surface area (TPSA) is 88.2 Å². The van der Waals surface area contributed by atoms with Gasteiger partial charge in [-0.3, -0.25) is 9.52 Å². The van der Waals surface area contributed by atoms with Crippen LogP contribution in [0.1, 0.15) is 21.1 Å². The number of hydrogen-bond acceptors (Lipinski definition) is 5. The molecule has 0 aliphatic heterocycles. The second-order valence-corrected chi connectivity index (χ2v) is 7.37. The zero-order chi connectivity index (χ0) is 16.9. The second kappa shape index (κ2) is 7.26. The molecule has 0 atom stereocenters. The monoisotopic (exact) mass is 349 g/mol. The van der Waals surface area contributed by atoms with Gasteiger partial charge in [-0.2, -0.15) is 0 Å². The van der Waals surface area contributed by atoms with Gasteiger partial charge in [0.25, 0.3) is 5.91 Å². The second-order valence-electron chi connectivity index (χ2n) is 4.76. The predicted octanol–water partition coefficient (Wildman–Crippen LogP) is 1.47. The number of benzene rings is 1. The summed E-state index contributed by atoms with van der Waals surface area (Å²) >= 11 is 1.25. The molecule has 23 heavy (non-hydrogen) atoms. The molecule has 2 aromatic rings. The van der Waals surface area contributed by atoms with Gasteiger partial charge < -0.3 is 5.32 Å². The summed E-state index contributed by atoms with van der Waals surface area (Å²) in [6.07, 6.45) is 6.93. The summed E-state index contributed by atoms with van der Waals surface area (Å²) in [5.41, 5.74) is 1.80. The molecule has 0 fully saturated rings. The molecule has 6 nitrogen and oxygen atoms in total. The predicted molar refractivity (Wildman–Crippen MR) is 91.0 cm³/mol. The number of anilines is 1. The Bertz CT molecular complexity index is 834. The average molecular weight is 349 g/mol. The number of carbonyl (C=O) groups excluding carboxylic acids is 1. The van der Waals surface area contributed by atoms with Crippen molar-refractivity contribution in [3.63, 3.8) is 0 Å². The van der Waals surface area contributed by atoms with Crippen LogP contribution in [0.3, 0.4) is 0 Å². The fourth-order valence-electron chi connectivity index (χ4n) is 1.81. The first kappa shape index (κ1) is 17.0. The highest BCUT2D eigenvalue weighted by atomic mass is 32.2. The summed E-state index contributed by atoms with van der Waals surface area (Å²) in [4.78, 5) is 15.9. The van der Waals surface area contributed by atoms with E-state index in [0.29, 0.717) is 29.4 Å². The SMILES string of the molecule is C#Cc1nc(C(=O)NCCc2ccc(NS(C)(=O)=O)cc2)cs1. The molecule has 0 spiro atoms. The summed E-state index contributed by atoms with van der Waals surface area (Å²) in [6, 6.07) is 6.97. The number of thiazole rings is 1. The van der Waals surface area contributed by atoms with Crippen molar-refractivity contribution < 1.29 is 13.2 Å². The van der Waals surface area contributed by atoms with E-state index in [-0.39, 0.29) is 5.91 Å². The van der Waals surface area contributed by atoms with Crippen molar-refractivity contribution in [2.45, 2.75) is 6.42 Å². The van der Waals surface area contributed by atoms with Gasteiger partial charge in [0.1, 0.15) is 5.69 Å². The highest BCUT2D eigenvalue weighted by molar-refractivity contribution is 7.92. The first-order valence-corrected chi connectivity index (χ1v) is 9.41. The van der Waals surface area contributed by atoms with Gasteiger partial charge in [-0.05, 0) is 30.0 Å². The molecule has 8 heteroatoms. The van der Waals surface area contributed by atoms with E-state index in [0.717, 1.165) is 11.8 Å². The number of terminal acetylenes is 1. The van der Waals surface area contributed by atoms with Gasteiger partial charge in [-0.15, -0.1) is 17.8 Å². The number of aromatic nitrogens is 1. The normalized spacial score (nSPS) is 10.8. The molecule has 0 unspecified atom stereocenters. The van der Waals surface area contributed by atoms with Crippen molar-refractivity contribution in [1.82, 2.24) is 10.3 Å². The van der Waals surface area contributed by atoms with Crippen LogP contribution in [0, 0.1) is 12.3 Å². The molecule has 120 valence electrons. The van der Waals surface area contributed by atoms with Gasteiger partial charge in [-0.1, -0.05) is 12.1 Å². The number of carbonyl (C=O) groups is 1. The van der Waals surface area contributed by atoms with E-state index in [1.54, 1.807) is 29.6 Å². The van der Waals surface area contributed by atoms with Crippen LogP contribution in [0.2, 0.25) is 0 Å². The number of nitrogens with one attached hydrogen (secondary N) is 2. The van der Waals surface area contributed by atoms with Gasteiger partial charge in [-0.25, -0.2) is 13.4 Å². The van der Waals surface area contributed by atoms with E-state index in [1.165, 1.54) is 11.3 Å². The molecule has 2 N–H and O–H groups in total. The van der Waals surface area contributed by atoms with Gasteiger partial charge in [0.2, 0.25) is 10.0 Å². The van der Waals surface area contributed by atoms with Gasteiger partial charge in [0.15, 0.2) is 5.01 Å². The molecule has 2 rings (SSSR count). The van der Waals surface area contributed by atoms with Crippen LogP contribution in [0.15, 0.2) is 29.6 Å². The molecule has 1 aromatic heterocycles. The molecule has 0 bridgehead atoms. The maximum Gasteiger partial charge on any atom is 0.270 e. The van der Waals surface area contributed by atoms with Gasteiger partial charge >= 0.3 is 0 Å². The third-order valence-electron chi connectivity index (χ3n) is 2.82. The minimum absolute atomic E-state index is 0.266. The summed E-state index contributed by atoms with van der Waals surface area (Å²) in [7, 11) is -3.28. The van der Waals surface area contributed by atoms with E-state index >= 15 is 0 Å². The third-order valence-corrected chi connectivity index (χ3v) is 4.20. The minimum Gasteiger partial charge on any atom is -0.350 e. The van der Waals surface area contributed by atoms with E-state index < -0.39 is 10.0 Å². The summed E-state index contributed by atoms with van der Waals surface area (Å²) in [5.74, 6) is 2.12.